The molecule has 0 bridgehead atoms. The van der Waals surface area contributed by atoms with Crippen molar-refractivity contribution < 1.29 is 44.9 Å². The Morgan fingerprint density at radius 1 is 0.367 bits per heavy atom. The van der Waals surface area contributed by atoms with Crippen molar-refractivity contribution >= 4 is 41.8 Å². The van der Waals surface area contributed by atoms with Crippen LogP contribution in [0.3, 0.4) is 0 Å². The van der Waals surface area contributed by atoms with Crippen LogP contribution in [0.4, 0.5) is 0 Å². The van der Waals surface area contributed by atoms with Gasteiger partial charge in [0.2, 0.25) is 0 Å². The average Bonchev–Trinajstić information content (AvgIpc) is 3.19. The zero-order valence-electron chi connectivity index (χ0n) is 32.8. The summed E-state index contributed by atoms with van der Waals surface area (Å²) in [5.41, 5.74) is 2.48. The number of hydrogen-bond acceptors (Lipinski definition) is 8. The smallest absolute Gasteiger partial charge is 0.298 e. The molecule has 10 nitrogen and oxygen atoms in total. The first-order valence-corrected chi connectivity index (χ1v) is 21.6. The molecule has 0 aromatic heterocycles. The van der Waals surface area contributed by atoms with Gasteiger partial charge >= 0.3 is 0 Å². The predicted octanol–water partition coefficient (Wildman–Crippen LogP) is 12.6. The molecule has 0 aliphatic rings. The van der Waals surface area contributed by atoms with Crippen LogP contribution in [0, 0.1) is 27.7 Å². The standard InChI is InChI=1S/C48H38O10S2/c1-29-13-5-9-17-39(29)55-35-21-23-37-33(25-35)27-43(57-41-19-11-7-15-31(41)3)47(59(49,50)51)45(37)46-38-24-22-36(56-40-18-10-6-14-30(40)2)26-34(38)28-44(48(46)60(52,53)54)58-42-20-12-8-16-32(42)4/h5-28H,1-4H3,(H,49,50,51)(H,52,53,54). The number of aryl methyl sites for hydroxylation is 4. The Hall–Kier alpha value is -6.70. The van der Waals surface area contributed by atoms with E-state index in [1.807, 2.05) is 50.2 Å². The van der Waals surface area contributed by atoms with Gasteiger partial charge in [0.15, 0.2) is 0 Å². The fourth-order valence-corrected chi connectivity index (χ4v) is 8.79. The first-order chi connectivity index (χ1) is 28.7. The molecule has 0 heterocycles. The highest BCUT2D eigenvalue weighted by Gasteiger charge is 2.34. The Kier molecular flexibility index (Phi) is 10.6. The molecule has 8 aromatic rings. The molecule has 8 aromatic carbocycles. The largest absolute Gasteiger partial charge is 0.457 e. The van der Waals surface area contributed by atoms with Crippen LogP contribution in [0.1, 0.15) is 22.3 Å². The van der Waals surface area contributed by atoms with E-state index in [4.69, 9.17) is 18.9 Å². The van der Waals surface area contributed by atoms with Gasteiger partial charge in [0.25, 0.3) is 20.2 Å². The molecule has 0 aliphatic carbocycles. The van der Waals surface area contributed by atoms with Crippen molar-refractivity contribution in [2.24, 2.45) is 0 Å². The normalized spacial score (nSPS) is 11.8. The van der Waals surface area contributed by atoms with Gasteiger partial charge in [0.1, 0.15) is 55.8 Å². The van der Waals surface area contributed by atoms with Crippen LogP contribution in [-0.4, -0.2) is 25.9 Å². The molecule has 0 atom stereocenters. The maximum atomic E-state index is 13.9. The summed E-state index contributed by atoms with van der Waals surface area (Å²) in [5, 5.41) is 1.06. The Labute approximate surface area is 347 Å². The molecule has 60 heavy (non-hydrogen) atoms. The summed E-state index contributed by atoms with van der Waals surface area (Å²) >= 11 is 0. The van der Waals surface area contributed by atoms with Crippen molar-refractivity contribution in [2.75, 3.05) is 0 Å². The van der Waals surface area contributed by atoms with E-state index < -0.39 is 30.0 Å². The van der Waals surface area contributed by atoms with Crippen LogP contribution in [0.5, 0.6) is 46.0 Å². The second kappa shape index (κ2) is 15.8. The monoisotopic (exact) mass is 838 g/mol. The van der Waals surface area contributed by atoms with Gasteiger partial charge in [-0.05, 0) is 132 Å². The lowest BCUT2D eigenvalue weighted by Gasteiger charge is -2.22. The molecule has 0 aliphatic heterocycles. The third kappa shape index (κ3) is 8.01. The van der Waals surface area contributed by atoms with Crippen molar-refractivity contribution in [3.63, 3.8) is 0 Å². The van der Waals surface area contributed by atoms with Crippen LogP contribution in [0.2, 0.25) is 0 Å². The van der Waals surface area contributed by atoms with Gasteiger partial charge in [-0.25, -0.2) is 0 Å². The highest BCUT2D eigenvalue weighted by atomic mass is 32.2. The number of ether oxygens (including phenoxy) is 4. The fourth-order valence-electron chi connectivity index (χ4n) is 7.14. The van der Waals surface area contributed by atoms with Gasteiger partial charge in [-0.3, -0.25) is 9.11 Å². The Morgan fingerprint density at radius 3 is 0.967 bits per heavy atom. The number of fused-ring (bicyclic) bond motifs is 2. The first kappa shape index (κ1) is 40.1. The molecule has 0 spiro atoms. The molecule has 0 saturated carbocycles. The maximum absolute atomic E-state index is 13.9. The lowest BCUT2D eigenvalue weighted by atomic mass is 9.92. The van der Waals surface area contributed by atoms with Gasteiger partial charge in [0.05, 0.1) is 0 Å². The van der Waals surface area contributed by atoms with Crippen molar-refractivity contribution in [3.05, 3.63) is 168 Å². The van der Waals surface area contributed by atoms with Crippen LogP contribution in [0.25, 0.3) is 32.7 Å². The Bertz CT molecular complexity index is 3000. The molecule has 0 fully saturated rings. The van der Waals surface area contributed by atoms with Gasteiger partial charge in [-0.1, -0.05) is 84.9 Å². The SMILES string of the molecule is Cc1ccccc1Oc1ccc2c(-c3c(S(=O)(=O)O)c(Oc4ccccc4C)cc4cc(Oc5ccccc5C)ccc34)c(S(=O)(=O)O)c(Oc3ccccc3C)cc2c1. The Balaban J connectivity index is 1.51. The average molecular weight is 839 g/mol. The third-order valence-corrected chi connectivity index (χ3v) is 11.9. The second-order valence-electron chi connectivity index (χ2n) is 14.3. The molecule has 0 unspecified atom stereocenters. The zero-order valence-corrected chi connectivity index (χ0v) is 34.5. The molecule has 0 radical (unpaired) electrons. The van der Waals surface area contributed by atoms with Crippen molar-refractivity contribution in [2.45, 2.75) is 37.5 Å². The van der Waals surface area contributed by atoms with Crippen molar-refractivity contribution in [1.82, 2.24) is 0 Å². The van der Waals surface area contributed by atoms with E-state index in [0.717, 1.165) is 11.1 Å². The van der Waals surface area contributed by atoms with Gasteiger partial charge in [-0.2, -0.15) is 16.8 Å². The number of para-hydroxylation sites is 4. The Morgan fingerprint density at radius 2 is 0.667 bits per heavy atom. The minimum Gasteiger partial charge on any atom is -0.457 e. The molecule has 8 rings (SSSR count). The van der Waals surface area contributed by atoms with Gasteiger partial charge in [0, 0.05) is 11.1 Å². The van der Waals surface area contributed by atoms with Gasteiger partial charge < -0.3 is 18.9 Å². The number of benzene rings is 8. The minimum atomic E-state index is -5.26. The molecule has 2 N–H and O–H groups in total. The lowest BCUT2D eigenvalue weighted by Crippen LogP contribution is -2.09. The van der Waals surface area contributed by atoms with E-state index in [1.54, 1.807) is 111 Å². The second-order valence-corrected chi connectivity index (χ2v) is 17.1. The van der Waals surface area contributed by atoms with Crippen LogP contribution in [0.15, 0.2) is 155 Å². The summed E-state index contributed by atoms with van der Waals surface area (Å²) in [6, 6.07) is 41.1. The minimum absolute atomic E-state index is 0.177. The number of rotatable bonds is 11. The van der Waals surface area contributed by atoms with Crippen LogP contribution in [-0.2, 0) is 20.2 Å². The zero-order chi connectivity index (χ0) is 42.3. The highest BCUT2D eigenvalue weighted by Crippen LogP contribution is 2.51. The summed E-state index contributed by atoms with van der Waals surface area (Å²) in [7, 11) is -10.5. The van der Waals surface area contributed by atoms with Crippen LogP contribution >= 0.6 is 0 Å². The summed E-state index contributed by atoms with van der Waals surface area (Å²) in [5.74, 6) is 1.81. The number of hydrogen-bond donors (Lipinski definition) is 2. The third-order valence-electron chi connectivity index (χ3n) is 10.1. The lowest BCUT2D eigenvalue weighted by molar-refractivity contribution is 0.445. The molecule has 12 heteroatoms. The van der Waals surface area contributed by atoms with Crippen LogP contribution < -0.4 is 18.9 Å². The first-order valence-electron chi connectivity index (χ1n) is 18.8. The van der Waals surface area contributed by atoms with Gasteiger partial charge in [-0.15, -0.1) is 0 Å². The topological polar surface area (TPSA) is 146 Å². The highest BCUT2D eigenvalue weighted by molar-refractivity contribution is 7.86. The van der Waals surface area contributed by atoms with Crippen molar-refractivity contribution in [1.29, 1.82) is 0 Å². The van der Waals surface area contributed by atoms with E-state index in [9.17, 15) is 25.9 Å². The molecule has 0 saturated heterocycles. The quantitative estimate of drug-likeness (QED) is 0.121. The summed E-state index contributed by atoms with van der Waals surface area (Å²) < 4.78 is 103. The van der Waals surface area contributed by atoms with E-state index in [-0.39, 0.29) is 44.9 Å². The van der Waals surface area contributed by atoms with E-state index in [0.29, 0.717) is 44.9 Å². The molecular formula is C48H38O10S2. The molecular weight excluding hydrogens is 801 g/mol. The molecule has 0 amide bonds. The predicted molar refractivity (Wildman–Crippen MR) is 232 cm³/mol. The van der Waals surface area contributed by atoms with E-state index in [2.05, 4.69) is 0 Å². The van der Waals surface area contributed by atoms with E-state index >= 15 is 0 Å². The van der Waals surface area contributed by atoms with Crippen molar-refractivity contribution in [3.8, 4) is 57.1 Å². The summed E-state index contributed by atoms with van der Waals surface area (Å²) in [4.78, 5) is -1.49. The summed E-state index contributed by atoms with van der Waals surface area (Å²) in [6.45, 7) is 7.33. The summed E-state index contributed by atoms with van der Waals surface area (Å²) in [6.07, 6.45) is 0. The fraction of sp³-hybridized carbons (Fsp3) is 0.0833. The maximum Gasteiger partial charge on any atom is 0.298 e. The van der Waals surface area contributed by atoms with E-state index in [1.165, 1.54) is 12.1 Å². The molecule has 302 valence electrons.